The highest BCUT2D eigenvalue weighted by molar-refractivity contribution is 7.89. The number of aromatic nitrogens is 4. The van der Waals surface area contributed by atoms with E-state index in [-0.39, 0.29) is 27.5 Å². The number of carbonyl (C=O) groups excluding carboxylic acids is 1. The summed E-state index contributed by atoms with van der Waals surface area (Å²) in [6, 6.07) is 16.8. The Kier molecular flexibility index (Phi) is 5.96. The molecule has 0 aliphatic heterocycles. The van der Waals surface area contributed by atoms with Crippen molar-refractivity contribution in [1.82, 2.24) is 20.2 Å². The summed E-state index contributed by atoms with van der Waals surface area (Å²) in [5, 5.41) is 18.8. The SMILES string of the molecule is NCc1cccc(-n2nnnc2C(=O)Nc2ccc(-c3ccccc3S(N)(=O)=O)cc2F)c1. The first-order chi connectivity index (χ1) is 15.8. The number of primary sulfonamides is 1. The van der Waals surface area contributed by atoms with Crippen LogP contribution < -0.4 is 16.2 Å². The van der Waals surface area contributed by atoms with Crippen LogP contribution in [0.1, 0.15) is 16.2 Å². The molecule has 1 aromatic heterocycles. The van der Waals surface area contributed by atoms with Crippen LogP contribution in [0.2, 0.25) is 0 Å². The lowest BCUT2D eigenvalue weighted by Crippen LogP contribution is -2.19. The number of nitrogens with zero attached hydrogens (tertiary/aromatic N) is 4. The van der Waals surface area contributed by atoms with Gasteiger partial charge in [0.1, 0.15) is 5.82 Å². The number of nitrogens with one attached hydrogen (secondary N) is 1. The van der Waals surface area contributed by atoms with E-state index in [2.05, 4.69) is 20.8 Å². The van der Waals surface area contributed by atoms with E-state index in [0.29, 0.717) is 12.2 Å². The molecule has 33 heavy (non-hydrogen) atoms. The average Bonchev–Trinajstić information content (AvgIpc) is 3.30. The molecule has 0 aliphatic carbocycles. The number of hydrogen-bond donors (Lipinski definition) is 3. The Morgan fingerprint density at radius 1 is 1.06 bits per heavy atom. The number of sulfonamides is 1. The predicted octanol–water partition coefficient (Wildman–Crippen LogP) is 1.83. The fraction of sp³-hybridized carbons (Fsp3) is 0.0476. The monoisotopic (exact) mass is 467 g/mol. The lowest BCUT2D eigenvalue weighted by molar-refractivity contribution is 0.101. The van der Waals surface area contributed by atoms with Gasteiger partial charge < -0.3 is 11.1 Å². The van der Waals surface area contributed by atoms with Crippen molar-refractivity contribution in [1.29, 1.82) is 0 Å². The van der Waals surface area contributed by atoms with Crippen LogP contribution in [0.5, 0.6) is 0 Å². The van der Waals surface area contributed by atoms with Crippen LogP contribution in [0.25, 0.3) is 16.8 Å². The summed E-state index contributed by atoms with van der Waals surface area (Å²) in [4.78, 5) is 12.6. The van der Waals surface area contributed by atoms with Gasteiger partial charge in [0.15, 0.2) is 0 Å². The second-order valence-corrected chi connectivity index (χ2v) is 8.51. The van der Waals surface area contributed by atoms with Crippen molar-refractivity contribution in [2.45, 2.75) is 11.4 Å². The van der Waals surface area contributed by atoms with Crippen LogP contribution in [0.4, 0.5) is 10.1 Å². The quantitative estimate of drug-likeness (QED) is 0.390. The van der Waals surface area contributed by atoms with Gasteiger partial charge in [-0.05, 0) is 51.9 Å². The molecule has 10 nitrogen and oxygen atoms in total. The summed E-state index contributed by atoms with van der Waals surface area (Å²) >= 11 is 0. The number of amides is 1. The third-order valence-electron chi connectivity index (χ3n) is 4.79. The molecule has 5 N–H and O–H groups in total. The molecule has 0 bridgehead atoms. The molecule has 4 rings (SSSR count). The molecule has 4 aromatic rings. The van der Waals surface area contributed by atoms with Gasteiger partial charge in [-0.3, -0.25) is 4.79 Å². The molecule has 0 radical (unpaired) electrons. The summed E-state index contributed by atoms with van der Waals surface area (Å²) in [7, 11) is -4.01. The molecule has 0 atom stereocenters. The van der Waals surface area contributed by atoms with Gasteiger partial charge in [-0.25, -0.2) is 17.9 Å². The Labute approximate surface area is 188 Å². The second kappa shape index (κ2) is 8.86. The standard InChI is InChI=1S/C21H18FN7O3S/c22-17-11-14(16-6-1-2-7-19(16)33(24,31)32)8-9-18(17)25-21(30)20-26-27-28-29(20)15-5-3-4-13(10-15)12-23/h1-11H,12,23H2,(H,25,30)(H2,24,31,32). The first kappa shape index (κ1) is 22.2. The largest absolute Gasteiger partial charge is 0.326 e. The van der Waals surface area contributed by atoms with Gasteiger partial charge >= 0.3 is 0 Å². The van der Waals surface area contributed by atoms with E-state index in [1.165, 1.54) is 35.0 Å². The maximum Gasteiger partial charge on any atom is 0.295 e. The third kappa shape index (κ3) is 4.62. The maximum atomic E-state index is 14.8. The lowest BCUT2D eigenvalue weighted by Gasteiger charge is -2.11. The van der Waals surface area contributed by atoms with Crippen LogP contribution >= 0.6 is 0 Å². The van der Waals surface area contributed by atoms with E-state index >= 15 is 0 Å². The minimum Gasteiger partial charge on any atom is -0.326 e. The van der Waals surface area contributed by atoms with Crippen molar-refractivity contribution < 1.29 is 17.6 Å². The minimum atomic E-state index is -4.01. The van der Waals surface area contributed by atoms with E-state index < -0.39 is 21.7 Å². The number of rotatable bonds is 6. The summed E-state index contributed by atoms with van der Waals surface area (Å²) < 4.78 is 39.7. The molecule has 0 unspecified atom stereocenters. The highest BCUT2D eigenvalue weighted by Gasteiger charge is 2.20. The summed E-state index contributed by atoms with van der Waals surface area (Å²) in [6.45, 7) is 0.295. The van der Waals surface area contributed by atoms with Crippen molar-refractivity contribution in [2.75, 3.05) is 5.32 Å². The first-order valence-electron chi connectivity index (χ1n) is 9.59. The van der Waals surface area contributed by atoms with Gasteiger partial charge in [0.25, 0.3) is 5.91 Å². The highest BCUT2D eigenvalue weighted by atomic mass is 32.2. The van der Waals surface area contributed by atoms with Gasteiger partial charge in [0, 0.05) is 12.1 Å². The smallest absolute Gasteiger partial charge is 0.295 e. The molecule has 0 spiro atoms. The number of nitrogens with two attached hydrogens (primary N) is 2. The van der Waals surface area contributed by atoms with E-state index in [9.17, 15) is 17.6 Å². The molecule has 12 heteroatoms. The van der Waals surface area contributed by atoms with Crippen LogP contribution in [-0.2, 0) is 16.6 Å². The van der Waals surface area contributed by atoms with E-state index in [1.54, 1.807) is 24.3 Å². The average molecular weight is 467 g/mol. The van der Waals surface area contributed by atoms with Crippen LogP contribution in [0.3, 0.4) is 0 Å². The molecular formula is C21H18FN7O3S. The molecule has 0 aliphatic rings. The zero-order valence-corrected chi connectivity index (χ0v) is 17.8. The summed E-state index contributed by atoms with van der Waals surface area (Å²) in [6.07, 6.45) is 0. The second-order valence-electron chi connectivity index (χ2n) is 6.98. The predicted molar refractivity (Wildman–Crippen MR) is 118 cm³/mol. The number of benzene rings is 3. The number of hydrogen-bond acceptors (Lipinski definition) is 7. The molecule has 0 fully saturated rings. The molecule has 0 saturated heterocycles. The number of carbonyl (C=O) groups is 1. The van der Waals surface area contributed by atoms with Gasteiger partial charge in [0.2, 0.25) is 15.8 Å². The lowest BCUT2D eigenvalue weighted by atomic mass is 10.0. The van der Waals surface area contributed by atoms with E-state index in [0.717, 1.165) is 11.6 Å². The summed E-state index contributed by atoms with van der Waals surface area (Å²) in [5.41, 5.74) is 7.36. The normalized spacial score (nSPS) is 11.4. The van der Waals surface area contributed by atoms with Crippen molar-refractivity contribution in [3.8, 4) is 16.8 Å². The zero-order valence-electron chi connectivity index (χ0n) is 17.0. The maximum absolute atomic E-state index is 14.8. The van der Waals surface area contributed by atoms with Gasteiger partial charge in [0.05, 0.1) is 16.3 Å². The Morgan fingerprint density at radius 2 is 1.85 bits per heavy atom. The zero-order chi connectivity index (χ0) is 23.6. The molecule has 1 heterocycles. The van der Waals surface area contributed by atoms with Crippen molar-refractivity contribution in [3.63, 3.8) is 0 Å². The highest BCUT2D eigenvalue weighted by Crippen LogP contribution is 2.29. The Balaban J connectivity index is 1.62. The number of halogens is 1. The molecule has 3 aromatic carbocycles. The Bertz CT molecular complexity index is 1450. The fourth-order valence-corrected chi connectivity index (χ4v) is 3.99. The number of tetrazole rings is 1. The van der Waals surface area contributed by atoms with Crippen LogP contribution in [0.15, 0.2) is 71.6 Å². The van der Waals surface area contributed by atoms with Crippen molar-refractivity contribution in [2.24, 2.45) is 10.9 Å². The first-order valence-corrected chi connectivity index (χ1v) is 11.1. The molecular weight excluding hydrogens is 449 g/mol. The Hall–Kier alpha value is -4.00. The van der Waals surface area contributed by atoms with Crippen LogP contribution in [0, 0.1) is 5.82 Å². The van der Waals surface area contributed by atoms with E-state index in [1.807, 2.05) is 6.07 Å². The van der Waals surface area contributed by atoms with Gasteiger partial charge in [-0.15, -0.1) is 5.10 Å². The van der Waals surface area contributed by atoms with Gasteiger partial charge in [-0.1, -0.05) is 36.4 Å². The Morgan fingerprint density at radius 3 is 2.58 bits per heavy atom. The van der Waals surface area contributed by atoms with Gasteiger partial charge in [-0.2, -0.15) is 4.68 Å². The molecule has 0 saturated carbocycles. The van der Waals surface area contributed by atoms with E-state index in [4.69, 9.17) is 10.9 Å². The molecule has 1 amide bonds. The fourth-order valence-electron chi connectivity index (χ4n) is 3.23. The van der Waals surface area contributed by atoms with Crippen molar-refractivity contribution in [3.05, 3.63) is 83.9 Å². The van der Waals surface area contributed by atoms with Crippen LogP contribution in [-0.4, -0.2) is 34.5 Å². The topological polar surface area (TPSA) is 159 Å². The summed E-state index contributed by atoms with van der Waals surface area (Å²) in [5.74, 6) is -1.68. The van der Waals surface area contributed by atoms with Crippen molar-refractivity contribution >= 4 is 21.6 Å². The number of anilines is 1. The third-order valence-corrected chi connectivity index (χ3v) is 5.75. The minimum absolute atomic E-state index is 0.137. The molecule has 168 valence electrons.